The first kappa shape index (κ1) is 21.8. The van der Waals surface area contributed by atoms with Gasteiger partial charge in [0.25, 0.3) is 0 Å². The van der Waals surface area contributed by atoms with Crippen LogP contribution in [0.3, 0.4) is 0 Å². The van der Waals surface area contributed by atoms with E-state index < -0.39 is 11.8 Å². The van der Waals surface area contributed by atoms with Gasteiger partial charge in [0.2, 0.25) is 5.91 Å². The summed E-state index contributed by atoms with van der Waals surface area (Å²) in [5, 5.41) is 12.4. The molecule has 3 atom stereocenters. The van der Waals surface area contributed by atoms with Gasteiger partial charge in [0.05, 0.1) is 24.4 Å². The maximum atomic E-state index is 13.9. The van der Waals surface area contributed by atoms with Crippen molar-refractivity contribution in [2.45, 2.75) is 18.0 Å². The van der Waals surface area contributed by atoms with Gasteiger partial charge in [0, 0.05) is 25.1 Å². The number of amides is 3. The Hall–Kier alpha value is -3.41. The van der Waals surface area contributed by atoms with Gasteiger partial charge in [-0.3, -0.25) is 4.79 Å². The van der Waals surface area contributed by atoms with Crippen LogP contribution in [0.15, 0.2) is 48.5 Å². The Morgan fingerprint density at radius 3 is 2.69 bits per heavy atom. The molecule has 2 fully saturated rings. The summed E-state index contributed by atoms with van der Waals surface area (Å²) in [5.74, 6) is 5.01. The summed E-state index contributed by atoms with van der Waals surface area (Å²) in [6.45, 7) is 0.362. The van der Waals surface area contributed by atoms with Crippen molar-refractivity contribution in [2.24, 2.45) is 0 Å². The van der Waals surface area contributed by atoms with Gasteiger partial charge < -0.3 is 25.0 Å². The number of para-hydroxylation sites is 1. The first-order chi connectivity index (χ1) is 15.5. The van der Waals surface area contributed by atoms with Crippen molar-refractivity contribution < 1.29 is 23.8 Å². The number of nitrogens with one attached hydrogen (secondary N) is 1. The van der Waals surface area contributed by atoms with Crippen LogP contribution in [0.1, 0.15) is 17.0 Å². The fourth-order valence-corrected chi connectivity index (χ4v) is 4.41. The molecule has 7 nitrogen and oxygen atoms in total. The maximum absolute atomic E-state index is 13.9. The zero-order valence-corrected chi connectivity index (χ0v) is 17.6. The molecule has 32 heavy (non-hydrogen) atoms. The van der Waals surface area contributed by atoms with E-state index in [1.165, 1.54) is 23.1 Å². The number of nitrogens with zero attached hydrogens (tertiary/aromatic N) is 2. The van der Waals surface area contributed by atoms with Crippen LogP contribution in [0.25, 0.3) is 0 Å². The molecular weight excluding hydrogens is 413 g/mol. The fourth-order valence-electron chi connectivity index (χ4n) is 4.41. The number of benzene rings is 2. The second-order valence-corrected chi connectivity index (χ2v) is 7.79. The second-order valence-electron chi connectivity index (χ2n) is 7.79. The number of methoxy groups -OCH3 is 1. The number of halogens is 1. The van der Waals surface area contributed by atoms with Gasteiger partial charge in [0.15, 0.2) is 0 Å². The summed E-state index contributed by atoms with van der Waals surface area (Å²) in [7, 11) is 1.58. The van der Waals surface area contributed by atoms with Crippen molar-refractivity contribution in [3.8, 4) is 11.8 Å². The summed E-state index contributed by atoms with van der Waals surface area (Å²) in [4.78, 5) is 28.5. The van der Waals surface area contributed by atoms with E-state index in [-0.39, 0.29) is 42.7 Å². The van der Waals surface area contributed by atoms with Gasteiger partial charge in [-0.2, -0.15) is 0 Å². The van der Waals surface area contributed by atoms with Crippen molar-refractivity contribution in [3.63, 3.8) is 0 Å². The lowest BCUT2D eigenvalue weighted by Crippen LogP contribution is -2.73. The minimum absolute atomic E-state index is 0.0657. The number of aliphatic hydroxyl groups excluding tert-OH is 1. The minimum atomic E-state index is -0.540. The first-order valence-electron chi connectivity index (χ1n) is 10.3. The topological polar surface area (TPSA) is 82.1 Å². The van der Waals surface area contributed by atoms with Crippen molar-refractivity contribution in [1.82, 2.24) is 9.80 Å². The van der Waals surface area contributed by atoms with E-state index in [1.54, 1.807) is 18.1 Å². The van der Waals surface area contributed by atoms with Crippen molar-refractivity contribution >= 4 is 17.6 Å². The van der Waals surface area contributed by atoms with Crippen LogP contribution in [0.4, 0.5) is 14.9 Å². The molecule has 2 aliphatic heterocycles. The molecule has 0 aromatic heterocycles. The molecule has 2 aromatic carbocycles. The molecule has 166 valence electrons. The van der Waals surface area contributed by atoms with Crippen molar-refractivity contribution in [1.29, 1.82) is 0 Å². The molecule has 4 rings (SSSR count). The van der Waals surface area contributed by atoms with E-state index in [1.807, 2.05) is 24.3 Å². The number of anilines is 1. The fraction of sp³-hybridized carbons (Fsp3) is 0.333. The van der Waals surface area contributed by atoms with E-state index in [0.29, 0.717) is 13.2 Å². The monoisotopic (exact) mass is 437 g/mol. The highest BCUT2D eigenvalue weighted by molar-refractivity contribution is 5.93. The van der Waals surface area contributed by atoms with E-state index >= 15 is 0 Å². The number of aliphatic hydroxyl groups is 1. The van der Waals surface area contributed by atoms with Gasteiger partial charge in [-0.1, -0.05) is 36.1 Å². The highest BCUT2D eigenvalue weighted by Gasteiger charge is 2.54. The minimum Gasteiger partial charge on any atom is -0.394 e. The van der Waals surface area contributed by atoms with E-state index in [2.05, 4.69) is 17.2 Å². The molecule has 2 N–H and O–H groups in total. The van der Waals surface area contributed by atoms with Crippen LogP contribution in [0.5, 0.6) is 0 Å². The Kier molecular flexibility index (Phi) is 6.40. The average Bonchev–Trinajstić information content (AvgIpc) is 2.78. The molecule has 8 heteroatoms. The SMILES string of the molecule is COCC#Cc1ccc([C@@H]2[C@@H](CO)N3C(=O)CN(C(=O)Nc4ccccc4F)C[C@@H]23)cc1. The van der Waals surface area contributed by atoms with Crippen LogP contribution < -0.4 is 5.32 Å². The van der Waals surface area contributed by atoms with Gasteiger partial charge in [0.1, 0.15) is 19.0 Å². The molecule has 2 heterocycles. The normalized spacial score (nSPS) is 21.8. The van der Waals surface area contributed by atoms with Crippen LogP contribution in [-0.2, 0) is 9.53 Å². The lowest BCUT2D eigenvalue weighted by atomic mass is 9.73. The largest absolute Gasteiger partial charge is 0.394 e. The highest BCUT2D eigenvalue weighted by Crippen LogP contribution is 2.43. The zero-order chi connectivity index (χ0) is 22.7. The van der Waals surface area contributed by atoms with Gasteiger partial charge in [-0.25, -0.2) is 9.18 Å². The molecule has 0 radical (unpaired) electrons. The Morgan fingerprint density at radius 2 is 2.00 bits per heavy atom. The van der Waals surface area contributed by atoms with E-state index in [0.717, 1.165) is 11.1 Å². The summed E-state index contributed by atoms with van der Waals surface area (Å²) in [6, 6.07) is 12.4. The number of hydrogen-bond acceptors (Lipinski definition) is 4. The van der Waals surface area contributed by atoms with Crippen LogP contribution in [-0.4, -0.2) is 72.3 Å². The number of piperazine rings is 1. The standard InChI is InChI=1S/C24H24FN3O4/c1-32-12-4-5-16-8-10-17(11-9-16)23-20-13-27(14-22(30)28(20)21(23)15-29)24(31)26-19-7-3-2-6-18(19)25/h2-3,6-11,20-21,23,29H,12-15H2,1H3,(H,26,31)/t20-,21+,23-/m0/s1. The predicted molar refractivity (Wildman–Crippen MR) is 116 cm³/mol. The quantitative estimate of drug-likeness (QED) is 0.718. The highest BCUT2D eigenvalue weighted by atomic mass is 19.1. The number of carbonyl (C=O) groups excluding carboxylic acids is 2. The Labute approximate surface area is 185 Å². The predicted octanol–water partition coefficient (Wildman–Crippen LogP) is 2.03. The van der Waals surface area contributed by atoms with Gasteiger partial charge >= 0.3 is 6.03 Å². The second kappa shape index (κ2) is 9.39. The van der Waals surface area contributed by atoms with E-state index in [4.69, 9.17) is 4.74 Å². The molecule has 3 amide bonds. The molecule has 0 bridgehead atoms. The third kappa shape index (κ3) is 4.17. The Balaban J connectivity index is 1.50. The van der Waals surface area contributed by atoms with Gasteiger partial charge in [-0.15, -0.1) is 0 Å². The number of carbonyl (C=O) groups is 2. The number of fused-ring (bicyclic) bond motifs is 1. The third-order valence-corrected chi connectivity index (χ3v) is 5.90. The molecule has 2 aliphatic rings. The zero-order valence-electron chi connectivity index (χ0n) is 17.6. The summed E-state index contributed by atoms with van der Waals surface area (Å²) in [6.07, 6.45) is 0. The molecule has 0 spiro atoms. The van der Waals surface area contributed by atoms with Crippen LogP contribution in [0, 0.1) is 17.7 Å². The van der Waals surface area contributed by atoms with Crippen LogP contribution in [0.2, 0.25) is 0 Å². The Bertz CT molecular complexity index is 1060. The maximum Gasteiger partial charge on any atom is 0.322 e. The number of hydrogen-bond donors (Lipinski definition) is 2. The van der Waals surface area contributed by atoms with Crippen molar-refractivity contribution in [3.05, 3.63) is 65.5 Å². The van der Waals surface area contributed by atoms with Crippen molar-refractivity contribution in [2.75, 3.05) is 38.7 Å². The first-order valence-corrected chi connectivity index (χ1v) is 10.3. The molecule has 2 saturated heterocycles. The van der Waals surface area contributed by atoms with Gasteiger partial charge in [-0.05, 0) is 29.8 Å². The number of ether oxygens (including phenoxy) is 1. The molecule has 0 aliphatic carbocycles. The number of urea groups is 1. The van der Waals surface area contributed by atoms with E-state index in [9.17, 15) is 19.1 Å². The lowest BCUT2D eigenvalue weighted by Gasteiger charge is -2.58. The third-order valence-electron chi connectivity index (χ3n) is 5.90. The summed E-state index contributed by atoms with van der Waals surface area (Å²) >= 11 is 0. The molecule has 2 aromatic rings. The average molecular weight is 437 g/mol. The molecule has 0 unspecified atom stereocenters. The molecular formula is C24H24FN3O4. The smallest absolute Gasteiger partial charge is 0.322 e. The lowest BCUT2D eigenvalue weighted by molar-refractivity contribution is -0.159. The number of rotatable bonds is 4. The summed E-state index contributed by atoms with van der Waals surface area (Å²) < 4.78 is 18.8. The van der Waals surface area contributed by atoms with Crippen LogP contribution >= 0.6 is 0 Å². The summed E-state index contributed by atoms with van der Waals surface area (Å²) in [5.41, 5.74) is 1.87. The molecule has 0 saturated carbocycles. The Morgan fingerprint density at radius 1 is 1.25 bits per heavy atom.